The van der Waals surface area contributed by atoms with E-state index < -0.39 is 48.8 Å². The van der Waals surface area contributed by atoms with Gasteiger partial charge >= 0.3 is 18.8 Å². The lowest BCUT2D eigenvalue weighted by molar-refractivity contribution is -0.198. The van der Waals surface area contributed by atoms with Crippen molar-refractivity contribution in [3.8, 4) is 5.88 Å². The molecule has 0 radical (unpaired) electrons. The van der Waals surface area contributed by atoms with Gasteiger partial charge in [0.2, 0.25) is 5.88 Å². The third kappa shape index (κ3) is 5.41. The van der Waals surface area contributed by atoms with E-state index in [1.54, 1.807) is 0 Å². The summed E-state index contributed by atoms with van der Waals surface area (Å²) in [4.78, 5) is 15.6. The minimum atomic E-state index is -4.28. The summed E-state index contributed by atoms with van der Waals surface area (Å²) in [5.41, 5.74) is 0.252. The first-order valence-corrected chi connectivity index (χ1v) is 7.79. The highest BCUT2D eigenvalue weighted by molar-refractivity contribution is 5.75. The summed E-state index contributed by atoms with van der Waals surface area (Å²) >= 11 is 0. The summed E-state index contributed by atoms with van der Waals surface area (Å²) in [5.74, 6) is -1.83. The number of nitrogens with one attached hydrogen (secondary N) is 2. The van der Waals surface area contributed by atoms with Crippen LogP contribution in [0.3, 0.4) is 0 Å². The number of halogens is 5. The van der Waals surface area contributed by atoms with E-state index in [-0.39, 0.29) is 18.4 Å². The number of aliphatic hydroxyl groups is 1. The van der Waals surface area contributed by atoms with Crippen LogP contribution in [-0.2, 0) is 0 Å². The number of ether oxygens (including phenoxy) is 1. The molecule has 0 spiro atoms. The molecule has 146 valence electrons. The highest BCUT2D eigenvalue weighted by Crippen LogP contribution is 2.40. The smallest absolute Gasteiger partial charge is 0.391 e. The molecule has 1 aliphatic rings. The molecule has 1 aromatic rings. The maximum atomic E-state index is 12.4. The Morgan fingerprint density at radius 3 is 2.58 bits per heavy atom. The highest BCUT2D eigenvalue weighted by atomic mass is 19.4. The largest absolute Gasteiger partial charge is 0.417 e. The number of aromatic nitrogens is 1. The molecule has 0 saturated heterocycles. The second-order valence-corrected chi connectivity index (χ2v) is 6.05. The number of nitrogens with zero attached hydrogens (tertiary/aromatic N) is 1. The molecule has 1 saturated carbocycles. The molecular formula is C15H18F5N3O3. The number of amides is 2. The van der Waals surface area contributed by atoms with Gasteiger partial charge in [-0.2, -0.15) is 22.0 Å². The zero-order chi connectivity index (χ0) is 19.5. The van der Waals surface area contributed by atoms with E-state index in [0.717, 1.165) is 6.07 Å². The molecule has 0 bridgehead atoms. The van der Waals surface area contributed by atoms with E-state index in [1.165, 1.54) is 19.2 Å². The summed E-state index contributed by atoms with van der Waals surface area (Å²) in [7, 11) is 0. The summed E-state index contributed by atoms with van der Waals surface area (Å²) in [6, 6.07) is 0.143. The SMILES string of the molecule is CC(O)C(NC(=O)NC1CC(C(F)(F)F)C1)c1ccnc(OC(F)F)c1. The monoisotopic (exact) mass is 383 g/mol. The van der Waals surface area contributed by atoms with Gasteiger partial charge in [0.25, 0.3) is 0 Å². The average molecular weight is 383 g/mol. The van der Waals surface area contributed by atoms with Crippen LogP contribution in [-0.4, -0.2) is 41.1 Å². The third-order valence-electron chi connectivity index (χ3n) is 4.03. The van der Waals surface area contributed by atoms with Crippen LogP contribution >= 0.6 is 0 Å². The molecule has 0 aliphatic heterocycles. The van der Waals surface area contributed by atoms with Crippen molar-refractivity contribution in [2.45, 2.75) is 50.7 Å². The van der Waals surface area contributed by atoms with Crippen LogP contribution in [0.1, 0.15) is 31.4 Å². The van der Waals surface area contributed by atoms with Crippen molar-refractivity contribution in [2.24, 2.45) is 5.92 Å². The van der Waals surface area contributed by atoms with E-state index in [1.807, 2.05) is 0 Å². The third-order valence-corrected chi connectivity index (χ3v) is 4.03. The molecule has 26 heavy (non-hydrogen) atoms. The zero-order valence-electron chi connectivity index (χ0n) is 13.6. The molecule has 3 N–H and O–H groups in total. The first-order valence-electron chi connectivity index (χ1n) is 7.79. The molecule has 0 aromatic carbocycles. The molecule has 2 amide bonds. The Hall–Kier alpha value is -2.17. The zero-order valence-corrected chi connectivity index (χ0v) is 13.6. The number of carbonyl (C=O) groups is 1. The van der Waals surface area contributed by atoms with E-state index in [2.05, 4.69) is 20.4 Å². The molecule has 11 heteroatoms. The Morgan fingerprint density at radius 1 is 1.38 bits per heavy atom. The van der Waals surface area contributed by atoms with E-state index in [4.69, 9.17) is 0 Å². The first kappa shape index (κ1) is 20.1. The van der Waals surface area contributed by atoms with Crippen LogP contribution in [0.4, 0.5) is 26.7 Å². The molecule has 1 heterocycles. The van der Waals surface area contributed by atoms with Gasteiger partial charge in [-0.05, 0) is 31.4 Å². The van der Waals surface area contributed by atoms with Crippen LogP contribution in [0.15, 0.2) is 18.3 Å². The fourth-order valence-electron chi connectivity index (χ4n) is 2.63. The molecule has 1 aliphatic carbocycles. The van der Waals surface area contributed by atoms with Crippen LogP contribution in [0, 0.1) is 5.92 Å². The highest BCUT2D eigenvalue weighted by Gasteiger charge is 2.48. The van der Waals surface area contributed by atoms with Crippen LogP contribution in [0.25, 0.3) is 0 Å². The molecule has 2 unspecified atom stereocenters. The first-order chi connectivity index (χ1) is 12.1. The Balaban J connectivity index is 1.95. The molecule has 2 rings (SSSR count). The number of aliphatic hydroxyl groups excluding tert-OH is 1. The second-order valence-electron chi connectivity index (χ2n) is 6.05. The number of rotatable bonds is 6. The number of pyridine rings is 1. The Morgan fingerprint density at radius 2 is 2.04 bits per heavy atom. The summed E-state index contributed by atoms with van der Waals surface area (Å²) in [6.45, 7) is -1.72. The molecule has 1 aromatic heterocycles. The topological polar surface area (TPSA) is 83.5 Å². The minimum absolute atomic E-state index is 0.210. The average Bonchev–Trinajstić information content (AvgIpc) is 2.46. The minimum Gasteiger partial charge on any atom is -0.417 e. The standard InChI is InChI=1S/C15H18F5N3O3/c1-7(24)12(8-2-3-21-11(4-8)26-13(16)17)23-14(25)22-10-5-9(6-10)15(18,19)20/h2-4,7,9-10,12-13,24H,5-6H2,1H3,(H2,22,23,25). The van der Waals surface area contributed by atoms with Gasteiger partial charge in [0.15, 0.2) is 0 Å². The molecule has 6 nitrogen and oxygen atoms in total. The molecule has 2 atom stereocenters. The van der Waals surface area contributed by atoms with Crippen molar-refractivity contribution < 1.29 is 36.6 Å². The maximum absolute atomic E-state index is 12.4. The van der Waals surface area contributed by atoms with Crippen molar-refractivity contribution in [3.63, 3.8) is 0 Å². The normalized spacial score (nSPS) is 22.3. The quantitative estimate of drug-likeness (QED) is 0.660. The van der Waals surface area contributed by atoms with Crippen LogP contribution in [0.5, 0.6) is 5.88 Å². The predicted molar refractivity (Wildman–Crippen MR) is 79.5 cm³/mol. The number of urea groups is 1. The molecular weight excluding hydrogens is 365 g/mol. The predicted octanol–water partition coefficient (Wildman–Crippen LogP) is 2.75. The van der Waals surface area contributed by atoms with Crippen molar-refractivity contribution in [3.05, 3.63) is 23.9 Å². The summed E-state index contributed by atoms with van der Waals surface area (Å²) in [5, 5.41) is 14.6. The fourth-order valence-corrected chi connectivity index (χ4v) is 2.63. The maximum Gasteiger partial charge on any atom is 0.391 e. The number of alkyl halides is 5. The van der Waals surface area contributed by atoms with Gasteiger partial charge in [0.1, 0.15) is 0 Å². The Kier molecular flexibility index (Phi) is 6.21. The summed E-state index contributed by atoms with van der Waals surface area (Å²) < 4.78 is 66.0. The van der Waals surface area contributed by atoms with Gasteiger partial charge in [-0.1, -0.05) is 0 Å². The van der Waals surface area contributed by atoms with Gasteiger partial charge in [-0.15, -0.1) is 0 Å². The second kappa shape index (κ2) is 8.02. The number of hydrogen-bond acceptors (Lipinski definition) is 4. The van der Waals surface area contributed by atoms with Crippen LogP contribution < -0.4 is 15.4 Å². The van der Waals surface area contributed by atoms with Crippen molar-refractivity contribution >= 4 is 6.03 Å². The lowest BCUT2D eigenvalue weighted by atomic mass is 9.80. The van der Waals surface area contributed by atoms with Crippen molar-refractivity contribution in [1.82, 2.24) is 15.6 Å². The lowest BCUT2D eigenvalue weighted by Crippen LogP contribution is -2.52. The Bertz CT molecular complexity index is 621. The summed E-state index contributed by atoms with van der Waals surface area (Å²) in [6.07, 6.45) is -4.64. The van der Waals surface area contributed by atoms with Crippen molar-refractivity contribution in [1.29, 1.82) is 0 Å². The van der Waals surface area contributed by atoms with Gasteiger partial charge in [0.05, 0.1) is 18.1 Å². The molecule has 1 fully saturated rings. The van der Waals surface area contributed by atoms with Crippen molar-refractivity contribution in [2.75, 3.05) is 0 Å². The van der Waals surface area contributed by atoms with Crippen LogP contribution in [0.2, 0.25) is 0 Å². The van der Waals surface area contributed by atoms with Gasteiger partial charge in [-0.3, -0.25) is 0 Å². The Labute approximate surface area is 145 Å². The van der Waals surface area contributed by atoms with E-state index in [0.29, 0.717) is 0 Å². The van der Waals surface area contributed by atoms with Gasteiger partial charge in [-0.25, -0.2) is 9.78 Å². The lowest BCUT2D eigenvalue weighted by Gasteiger charge is -2.37. The van der Waals surface area contributed by atoms with E-state index in [9.17, 15) is 31.9 Å². The van der Waals surface area contributed by atoms with E-state index >= 15 is 0 Å². The number of hydrogen-bond donors (Lipinski definition) is 3. The van der Waals surface area contributed by atoms with Gasteiger partial charge in [0, 0.05) is 18.3 Å². The fraction of sp³-hybridized carbons (Fsp3) is 0.600. The number of carbonyl (C=O) groups excluding carboxylic acids is 1. The van der Waals surface area contributed by atoms with Gasteiger partial charge < -0.3 is 20.5 Å².